The Hall–Kier alpha value is -10.9. The number of terminal acetylenes is 17. The molecule has 1 N–H and O–H groups in total. The molecule has 0 saturated heterocycles. The van der Waals surface area contributed by atoms with Crippen LogP contribution in [0, 0.1) is 213 Å². The molecular weight excluding hydrogens is 889 g/mol. The van der Waals surface area contributed by atoms with Gasteiger partial charge in [-0.2, -0.15) is 0 Å². The SMILES string of the molecule is C#COC(CCCCCCC)C(OC#C)(OC#C)C(OC#C)(OC#C)C(OC#C)(OC#C)C(OC#C)(OC#C)C(OC#C)(OC#C)C(OC#C)(OC#C)C(OC#C)(OC#C)C(O)(OC#C)OC#C. The van der Waals surface area contributed by atoms with Gasteiger partial charge in [-0.3, -0.25) is 0 Å². The van der Waals surface area contributed by atoms with Gasteiger partial charge < -0.3 is 85.6 Å². The van der Waals surface area contributed by atoms with Crippen molar-refractivity contribution in [3.63, 3.8) is 0 Å². The fourth-order valence-electron chi connectivity index (χ4n) is 6.37. The van der Waals surface area contributed by atoms with Crippen molar-refractivity contribution in [3.8, 4) is 213 Å². The second-order valence-corrected chi connectivity index (χ2v) is 11.4. The molecule has 68 heavy (non-hydrogen) atoms. The van der Waals surface area contributed by atoms with Crippen LogP contribution in [0.4, 0.5) is 0 Å². The van der Waals surface area contributed by atoms with Crippen molar-refractivity contribution in [3.05, 3.63) is 0 Å². The van der Waals surface area contributed by atoms with Crippen LogP contribution in [0.2, 0.25) is 0 Å². The number of hydrogen-bond donors (Lipinski definition) is 1. The molecule has 0 amide bonds. The van der Waals surface area contributed by atoms with Crippen LogP contribution < -0.4 is 0 Å². The fraction of sp³-hybridized carbons (Fsp3) is 0.320. The zero-order valence-electron chi connectivity index (χ0n) is 35.5. The quantitative estimate of drug-likeness (QED) is 0.0602. The van der Waals surface area contributed by atoms with Crippen LogP contribution in [0.25, 0.3) is 0 Å². The van der Waals surface area contributed by atoms with Gasteiger partial charge in [0.15, 0.2) is 6.10 Å². The van der Waals surface area contributed by atoms with E-state index < -0.39 is 59.0 Å². The first-order valence-corrected chi connectivity index (χ1v) is 17.8. The number of aliphatic hydroxyl groups is 1. The van der Waals surface area contributed by atoms with Crippen LogP contribution in [-0.4, -0.2) is 57.7 Å². The molecule has 0 spiro atoms. The van der Waals surface area contributed by atoms with Crippen molar-refractivity contribution in [2.75, 3.05) is 0 Å². The van der Waals surface area contributed by atoms with Gasteiger partial charge in [-0.05, 0) is 12.8 Å². The van der Waals surface area contributed by atoms with Crippen molar-refractivity contribution in [2.45, 2.75) is 98.0 Å². The van der Waals surface area contributed by atoms with Crippen molar-refractivity contribution >= 4 is 0 Å². The van der Waals surface area contributed by atoms with Crippen molar-refractivity contribution in [2.24, 2.45) is 0 Å². The van der Waals surface area contributed by atoms with Crippen molar-refractivity contribution in [1.82, 2.24) is 0 Å². The van der Waals surface area contributed by atoms with Crippen LogP contribution >= 0.6 is 0 Å². The highest BCUT2D eigenvalue weighted by Gasteiger charge is 3.03. The average Bonchev–Trinajstić information content (AvgIpc) is 3.30. The third kappa shape index (κ3) is 9.23. The summed E-state index contributed by atoms with van der Waals surface area (Å²) < 4.78 is 94.7. The Morgan fingerprint density at radius 1 is 0.309 bits per heavy atom. The Morgan fingerprint density at radius 2 is 0.559 bits per heavy atom. The van der Waals surface area contributed by atoms with Gasteiger partial charge in [0.1, 0.15) is 104 Å². The predicted octanol–water partition coefficient (Wildman–Crippen LogP) is 1.56. The Morgan fingerprint density at radius 3 is 0.838 bits per heavy atom. The van der Waals surface area contributed by atoms with E-state index >= 15 is 0 Å². The maximum Gasteiger partial charge on any atom is 0.479 e. The van der Waals surface area contributed by atoms with E-state index in [1.165, 1.54) is 48.9 Å². The summed E-state index contributed by atoms with van der Waals surface area (Å²) in [7, 11) is 0. The molecule has 0 aliphatic carbocycles. The van der Waals surface area contributed by atoms with Crippen LogP contribution in [-0.2, 0) is 80.5 Å². The summed E-state index contributed by atoms with van der Waals surface area (Å²) in [6.07, 6.45) is 124. The summed E-state index contributed by atoms with van der Waals surface area (Å²) in [6, 6.07) is 0. The molecule has 1 atom stereocenters. The summed E-state index contributed by atoms with van der Waals surface area (Å²) >= 11 is 0. The molecule has 0 fully saturated rings. The van der Waals surface area contributed by atoms with Crippen molar-refractivity contribution < 1.29 is 85.6 Å². The maximum absolute atomic E-state index is 12.3. The lowest BCUT2D eigenvalue weighted by atomic mass is 9.75. The largest absolute Gasteiger partial charge is 0.479 e. The highest BCUT2D eigenvalue weighted by molar-refractivity contribution is 5.28. The molecule has 18 heteroatoms. The van der Waals surface area contributed by atoms with E-state index in [4.69, 9.17) is 190 Å². The molecule has 18 nitrogen and oxygen atoms in total. The van der Waals surface area contributed by atoms with Crippen LogP contribution in [0.3, 0.4) is 0 Å². The van der Waals surface area contributed by atoms with E-state index in [1.807, 2.05) is 13.0 Å². The van der Waals surface area contributed by atoms with Crippen LogP contribution in [0.15, 0.2) is 0 Å². The van der Waals surface area contributed by atoms with Gasteiger partial charge in [0, 0.05) is 0 Å². The Balaban J connectivity index is 11.2. The normalized spacial score (nSPS) is 10.8. The molecular formula is C50H34O18. The molecule has 0 aliphatic heterocycles. The minimum absolute atomic E-state index is 0.0851. The lowest BCUT2D eigenvalue weighted by Gasteiger charge is -2.58. The molecule has 0 saturated carbocycles. The zero-order chi connectivity index (χ0) is 51.9. The van der Waals surface area contributed by atoms with E-state index in [9.17, 15) is 5.11 Å². The summed E-state index contributed by atoms with van der Waals surface area (Å²) in [5.74, 6) is -34.6. The summed E-state index contributed by atoms with van der Waals surface area (Å²) in [5.41, 5.74) is 0. The Kier molecular flexibility index (Phi) is 22.3. The zero-order valence-corrected chi connectivity index (χ0v) is 35.5. The van der Waals surface area contributed by atoms with E-state index in [-0.39, 0.29) is 6.42 Å². The van der Waals surface area contributed by atoms with Gasteiger partial charge in [-0.1, -0.05) is 142 Å². The highest BCUT2D eigenvalue weighted by Crippen LogP contribution is 2.62. The second kappa shape index (κ2) is 26.5. The molecule has 0 aromatic heterocycles. The monoisotopic (exact) mass is 922 g/mol. The number of ether oxygens (including phenoxy) is 17. The number of unbranched alkanes of at least 4 members (excludes halogenated alkanes) is 4. The average molecular weight is 923 g/mol. The van der Waals surface area contributed by atoms with Crippen LogP contribution in [0.1, 0.15) is 45.4 Å². The van der Waals surface area contributed by atoms with Gasteiger partial charge in [-0.25, -0.2) is 0 Å². The minimum atomic E-state index is -4.62. The van der Waals surface area contributed by atoms with Gasteiger partial charge in [-0.15, -0.1) is 0 Å². The second-order valence-electron chi connectivity index (χ2n) is 11.4. The minimum Gasteiger partial charge on any atom is -0.435 e. The Bertz CT molecular complexity index is 2380. The molecule has 0 aromatic rings. The molecule has 1 unspecified atom stereocenters. The topological polar surface area (TPSA) is 177 Å². The van der Waals surface area contributed by atoms with E-state index in [2.05, 4.69) is 0 Å². The maximum atomic E-state index is 12.3. The Labute approximate surface area is 395 Å². The summed E-state index contributed by atoms with van der Waals surface area (Å²) in [6.45, 7) is 1.93. The smallest absolute Gasteiger partial charge is 0.435 e. The van der Waals surface area contributed by atoms with Gasteiger partial charge >= 0.3 is 46.5 Å². The van der Waals surface area contributed by atoms with E-state index in [1.54, 1.807) is 48.9 Å². The standard InChI is InChI=1S/C50H34O18/c1-19-37-38-39-40-41-42(52-20-2)43(53-21-3,54-22-4)44(55-23-5,56-24-6)45(57-25-7,58-26-8)46(59-27-9,60-28-10)47(61-29-11,62-30-12)48(63-31-13,64-32-14)49(65-33-15,66-34-16)50(51,67-35-17)68-36-18/h2-18,42,51H,19,37-41H2,1H3. The van der Waals surface area contributed by atoms with E-state index in [0.29, 0.717) is 12.8 Å². The molecule has 0 bridgehead atoms. The molecule has 0 aliphatic rings. The first-order chi connectivity index (χ1) is 32.7. The molecule has 0 rings (SSSR count). The summed E-state index contributed by atoms with van der Waals surface area (Å²) in [4.78, 5) is 0. The van der Waals surface area contributed by atoms with Crippen molar-refractivity contribution in [1.29, 1.82) is 0 Å². The summed E-state index contributed by atoms with van der Waals surface area (Å²) in [5, 5.41) is 12.3. The molecule has 0 radical (unpaired) electrons. The van der Waals surface area contributed by atoms with Gasteiger partial charge in [0.05, 0.1) is 0 Å². The van der Waals surface area contributed by atoms with E-state index in [0.717, 1.165) is 12.8 Å². The molecule has 0 aromatic carbocycles. The number of rotatable bonds is 31. The predicted molar refractivity (Wildman–Crippen MR) is 230 cm³/mol. The van der Waals surface area contributed by atoms with Crippen LogP contribution in [0.5, 0.6) is 0 Å². The molecule has 0 heterocycles. The fourth-order valence-corrected chi connectivity index (χ4v) is 6.37. The first-order valence-electron chi connectivity index (χ1n) is 17.8. The lowest BCUT2D eigenvalue weighted by molar-refractivity contribution is -0.583. The third-order valence-corrected chi connectivity index (χ3v) is 8.49. The highest BCUT2D eigenvalue weighted by atomic mass is 16.9. The first kappa shape index (κ1) is 57.1. The number of hydrogen-bond acceptors (Lipinski definition) is 18. The molecule has 342 valence electrons. The lowest BCUT2D eigenvalue weighted by Crippen LogP contribution is -2.92. The van der Waals surface area contributed by atoms with Gasteiger partial charge in [0.2, 0.25) is 0 Å². The van der Waals surface area contributed by atoms with Gasteiger partial charge in [0.25, 0.3) is 0 Å². The third-order valence-electron chi connectivity index (χ3n) is 8.49.